The summed E-state index contributed by atoms with van der Waals surface area (Å²) in [5, 5.41) is 2.91. The Bertz CT molecular complexity index is 630. The number of anilines is 1. The topological polar surface area (TPSA) is 110 Å². The zero-order valence-electron chi connectivity index (χ0n) is 10.1. The molecule has 8 heteroatoms. The maximum Gasteiger partial charge on any atom is 0.234 e. The molecular weight excluding hydrogens is 268 g/mol. The first-order valence-corrected chi connectivity index (χ1v) is 6.40. The van der Waals surface area contributed by atoms with Crippen molar-refractivity contribution in [3.63, 3.8) is 0 Å². The van der Waals surface area contributed by atoms with Crippen molar-refractivity contribution in [3.8, 4) is 0 Å². The Hall–Kier alpha value is -1.73. The van der Waals surface area contributed by atoms with Gasteiger partial charge >= 0.3 is 0 Å². The van der Waals surface area contributed by atoms with Gasteiger partial charge in [-0.2, -0.15) is 9.97 Å². The molecule has 1 fully saturated rings. The average Bonchev–Trinajstić information content (AvgIpc) is 2.76. The summed E-state index contributed by atoms with van der Waals surface area (Å²) < 4.78 is 0. The second kappa shape index (κ2) is 4.43. The third kappa shape index (κ3) is 1.95. The highest BCUT2D eigenvalue weighted by molar-refractivity contribution is 6.33. The number of halogens is 1. The van der Waals surface area contributed by atoms with Crippen molar-refractivity contribution >= 4 is 34.6 Å². The summed E-state index contributed by atoms with van der Waals surface area (Å²) in [7, 11) is 0. The first kappa shape index (κ1) is 12.3. The highest BCUT2D eigenvalue weighted by Crippen LogP contribution is 2.40. The smallest absolute Gasteiger partial charge is 0.234 e. The van der Waals surface area contributed by atoms with Gasteiger partial charge in [-0.3, -0.25) is 10.1 Å². The van der Waals surface area contributed by atoms with Crippen LogP contribution >= 0.6 is 11.6 Å². The molecule has 2 aromatic heterocycles. The molecule has 0 bridgehead atoms. The van der Waals surface area contributed by atoms with Gasteiger partial charge in [0.2, 0.25) is 11.9 Å². The molecule has 2 heterocycles. The fraction of sp³-hybridized carbons (Fsp3) is 0.455. The van der Waals surface area contributed by atoms with Crippen LogP contribution in [0.15, 0.2) is 6.33 Å². The SMILES string of the molecule is NCC1(C(=O)Nc2nc(Cl)c3[nH]cnc3n2)CCC1. The maximum atomic E-state index is 12.2. The van der Waals surface area contributed by atoms with E-state index in [1.54, 1.807) is 0 Å². The third-order valence-electron chi connectivity index (χ3n) is 3.65. The van der Waals surface area contributed by atoms with Gasteiger partial charge in [-0.15, -0.1) is 0 Å². The number of carbonyl (C=O) groups is 1. The van der Waals surface area contributed by atoms with E-state index < -0.39 is 5.41 Å². The molecule has 0 unspecified atom stereocenters. The molecular formula is C11H13ClN6O. The van der Waals surface area contributed by atoms with Gasteiger partial charge in [-0.25, -0.2) is 4.98 Å². The Balaban J connectivity index is 1.87. The lowest BCUT2D eigenvalue weighted by atomic mass is 9.68. The summed E-state index contributed by atoms with van der Waals surface area (Å²) >= 11 is 5.98. The van der Waals surface area contributed by atoms with Crippen molar-refractivity contribution < 1.29 is 4.79 Å². The molecule has 0 spiro atoms. The van der Waals surface area contributed by atoms with E-state index in [0.29, 0.717) is 17.7 Å². The van der Waals surface area contributed by atoms with E-state index in [9.17, 15) is 4.79 Å². The molecule has 0 aliphatic heterocycles. The van der Waals surface area contributed by atoms with Crippen LogP contribution in [0.5, 0.6) is 0 Å². The largest absolute Gasteiger partial charge is 0.341 e. The van der Waals surface area contributed by atoms with Gasteiger partial charge in [0, 0.05) is 6.54 Å². The van der Waals surface area contributed by atoms with Crippen LogP contribution in [0, 0.1) is 5.41 Å². The molecule has 4 N–H and O–H groups in total. The van der Waals surface area contributed by atoms with E-state index in [2.05, 4.69) is 25.3 Å². The number of amides is 1. The van der Waals surface area contributed by atoms with E-state index in [1.807, 2.05) is 0 Å². The highest BCUT2D eigenvalue weighted by Gasteiger charge is 2.43. The van der Waals surface area contributed by atoms with Crippen LogP contribution in [0.25, 0.3) is 11.2 Å². The zero-order valence-corrected chi connectivity index (χ0v) is 10.9. The predicted molar refractivity (Wildman–Crippen MR) is 70.7 cm³/mol. The van der Waals surface area contributed by atoms with Crippen LogP contribution in [-0.2, 0) is 4.79 Å². The van der Waals surface area contributed by atoms with Gasteiger partial charge in [-0.1, -0.05) is 18.0 Å². The van der Waals surface area contributed by atoms with Gasteiger partial charge in [0.15, 0.2) is 10.8 Å². The molecule has 0 atom stereocenters. The van der Waals surface area contributed by atoms with Gasteiger partial charge < -0.3 is 10.7 Å². The maximum absolute atomic E-state index is 12.2. The summed E-state index contributed by atoms with van der Waals surface area (Å²) in [5.41, 5.74) is 6.18. The Labute approximate surface area is 114 Å². The minimum absolute atomic E-state index is 0.146. The van der Waals surface area contributed by atoms with Crippen LogP contribution in [0.3, 0.4) is 0 Å². The Morgan fingerprint density at radius 2 is 2.32 bits per heavy atom. The molecule has 7 nitrogen and oxygen atoms in total. The van der Waals surface area contributed by atoms with Gasteiger partial charge in [-0.05, 0) is 12.8 Å². The number of carbonyl (C=O) groups excluding carboxylic acids is 1. The summed E-state index contributed by atoms with van der Waals surface area (Å²) in [5.74, 6) is 0.0153. The molecule has 1 amide bonds. The number of aromatic nitrogens is 4. The van der Waals surface area contributed by atoms with Crippen LogP contribution in [-0.4, -0.2) is 32.4 Å². The van der Waals surface area contributed by atoms with Crippen molar-refractivity contribution in [1.29, 1.82) is 0 Å². The van der Waals surface area contributed by atoms with Gasteiger partial charge in [0.25, 0.3) is 0 Å². The fourth-order valence-electron chi connectivity index (χ4n) is 2.22. The van der Waals surface area contributed by atoms with E-state index in [4.69, 9.17) is 17.3 Å². The van der Waals surface area contributed by atoms with Gasteiger partial charge in [0.05, 0.1) is 11.7 Å². The lowest BCUT2D eigenvalue weighted by Crippen LogP contribution is -2.47. The fourth-order valence-corrected chi connectivity index (χ4v) is 2.43. The molecule has 100 valence electrons. The number of aromatic amines is 1. The number of imidazole rings is 1. The molecule has 19 heavy (non-hydrogen) atoms. The summed E-state index contributed by atoms with van der Waals surface area (Å²) in [6.07, 6.45) is 4.09. The Kier molecular flexibility index (Phi) is 2.87. The van der Waals surface area contributed by atoms with Crippen LogP contribution in [0.2, 0.25) is 5.15 Å². The summed E-state index contributed by atoms with van der Waals surface area (Å²) in [6, 6.07) is 0. The van der Waals surface area contributed by atoms with Crippen LogP contribution < -0.4 is 11.1 Å². The van der Waals surface area contributed by atoms with Crippen LogP contribution in [0.1, 0.15) is 19.3 Å². The molecule has 0 saturated heterocycles. The number of nitrogens with one attached hydrogen (secondary N) is 2. The van der Waals surface area contributed by atoms with Crippen molar-refractivity contribution in [3.05, 3.63) is 11.5 Å². The highest BCUT2D eigenvalue weighted by atomic mass is 35.5. The summed E-state index contributed by atoms with van der Waals surface area (Å²) in [4.78, 5) is 27.2. The quantitative estimate of drug-likeness (QED) is 0.729. The monoisotopic (exact) mass is 280 g/mol. The minimum Gasteiger partial charge on any atom is -0.341 e. The second-order valence-electron chi connectivity index (χ2n) is 4.73. The lowest BCUT2D eigenvalue weighted by molar-refractivity contribution is -0.129. The molecule has 0 radical (unpaired) electrons. The van der Waals surface area contributed by atoms with Crippen molar-refractivity contribution in [2.75, 3.05) is 11.9 Å². The average molecular weight is 281 g/mol. The van der Waals surface area contributed by atoms with Crippen LogP contribution in [0.4, 0.5) is 5.95 Å². The molecule has 0 aromatic carbocycles. The Morgan fingerprint density at radius 1 is 1.53 bits per heavy atom. The molecule has 3 rings (SSSR count). The number of fused-ring (bicyclic) bond motifs is 1. The zero-order chi connectivity index (χ0) is 13.5. The molecule has 2 aromatic rings. The third-order valence-corrected chi connectivity index (χ3v) is 3.92. The van der Waals surface area contributed by atoms with Crippen molar-refractivity contribution in [1.82, 2.24) is 19.9 Å². The number of nitrogens with two attached hydrogens (primary N) is 1. The first-order chi connectivity index (χ1) is 9.14. The second-order valence-corrected chi connectivity index (χ2v) is 5.09. The summed E-state index contributed by atoms with van der Waals surface area (Å²) in [6.45, 7) is 0.331. The van der Waals surface area contributed by atoms with E-state index >= 15 is 0 Å². The predicted octanol–water partition coefficient (Wildman–Crippen LogP) is 1.07. The number of nitrogens with zero attached hydrogens (tertiary/aromatic N) is 3. The van der Waals surface area contributed by atoms with Crippen molar-refractivity contribution in [2.45, 2.75) is 19.3 Å². The number of rotatable bonds is 3. The normalized spacial score (nSPS) is 17.2. The first-order valence-electron chi connectivity index (χ1n) is 6.03. The molecule has 1 saturated carbocycles. The molecule has 1 aliphatic rings. The van der Waals surface area contributed by atoms with E-state index in [-0.39, 0.29) is 17.0 Å². The number of H-pyrrole nitrogens is 1. The molecule has 1 aliphatic carbocycles. The van der Waals surface area contributed by atoms with E-state index in [0.717, 1.165) is 19.3 Å². The van der Waals surface area contributed by atoms with E-state index in [1.165, 1.54) is 6.33 Å². The standard InChI is InChI=1S/C11H13ClN6O/c12-7-6-8(15-5-14-6)17-10(16-7)18-9(19)11(4-13)2-1-3-11/h5H,1-4,13H2,(H2,14,15,16,17,18,19). The van der Waals surface area contributed by atoms with Crippen molar-refractivity contribution in [2.24, 2.45) is 11.1 Å². The lowest BCUT2D eigenvalue weighted by Gasteiger charge is -2.38. The Morgan fingerprint density at radius 3 is 2.95 bits per heavy atom. The van der Waals surface area contributed by atoms with Gasteiger partial charge in [0.1, 0.15) is 5.52 Å². The number of hydrogen-bond acceptors (Lipinski definition) is 5. The minimum atomic E-state index is -0.476. The number of hydrogen-bond donors (Lipinski definition) is 3.